The van der Waals surface area contributed by atoms with Crippen molar-refractivity contribution < 1.29 is 14.2 Å². The quantitative estimate of drug-likeness (QED) is 0.871. The summed E-state index contributed by atoms with van der Waals surface area (Å²) in [7, 11) is 1.38. The van der Waals surface area contributed by atoms with E-state index in [0.29, 0.717) is 10.0 Å². The zero-order valence-corrected chi connectivity index (χ0v) is 8.98. The normalized spacial score (nSPS) is 10.2. The molecule has 0 saturated carbocycles. The van der Waals surface area contributed by atoms with E-state index >= 15 is 0 Å². The summed E-state index contributed by atoms with van der Waals surface area (Å²) in [5.41, 5.74) is 1.27. The number of methoxy groups -OCH3 is 1. The molecule has 4 heteroatoms. The molecule has 0 unspecified atom stereocenters. The Labute approximate surface area is 84.5 Å². The van der Waals surface area contributed by atoms with Crippen LogP contribution in [0.2, 0.25) is 0 Å². The number of aliphatic hydroxyl groups excluding tert-OH is 1. The largest absolute Gasteiger partial charge is 0.493 e. The van der Waals surface area contributed by atoms with Crippen LogP contribution in [0.1, 0.15) is 11.1 Å². The van der Waals surface area contributed by atoms with Crippen LogP contribution in [-0.4, -0.2) is 12.2 Å². The third-order valence-corrected chi connectivity index (χ3v) is 2.74. The molecular weight excluding hydrogens is 239 g/mol. The van der Waals surface area contributed by atoms with Gasteiger partial charge in [-0.2, -0.15) is 0 Å². The minimum absolute atomic E-state index is 0.114. The van der Waals surface area contributed by atoms with E-state index in [1.165, 1.54) is 13.2 Å². The fraction of sp³-hybridized carbons (Fsp3) is 0.333. The van der Waals surface area contributed by atoms with E-state index in [1.807, 2.05) is 0 Å². The number of hydrogen-bond donors (Lipinski definition) is 1. The van der Waals surface area contributed by atoms with Gasteiger partial charge in [-0.1, -0.05) is 15.9 Å². The molecule has 1 rings (SSSR count). The Kier molecular flexibility index (Phi) is 3.27. The second-order valence-corrected chi connectivity index (χ2v) is 3.49. The smallest absolute Gasteiger partial charge is 0.166 e. The fourth-order valence-corrected chi connectivity index (χ4v) is 1.60. The van der Waals surface area contributed by atoms with Gasteiger partial charge in [0.1, 0.15) is 0 Å². The lowest BCUT2D eigenvalue weighted by Crippen LogP contribution is -1.99. The number of ether oxygens (including phenoxy) is 1. The van der Waals surface area contributed by atoms with Crippen LogP contribution in [0.25, 0.3) is 0 Å². The number of aliphatic hydroxyl groups is 1. The second-order valence-electron chi connectivity index (χ2n) is 2.64. The van der Waals surface area contributed by atoms with Gasteiger partial charge in [-0.15, -0.1) is 0 Å². The lowest BCUT2D eigenvalue weighted by molar-refractivity contribution is 0.269. The molecule has 2 nitrogen and oxygen atoms in total. The minimum atomic E-state index is -0.468. The molecule has 1 N–H and O–H groups in total. The Morgan fingerprint density at radius 3 is 2.69 bits per heavy atom. The van der Waals surface area contributed by atoms with Crippen LogP contribution in [0.5, 0.6) is 5.75 Å². The summed E-state index contributed by atoms with van der Waals surface area (Å²) in [6, 6.07) is 1.33. The molecule has 0 bridgehead atoms. The van der Waals surface area contributed by atoms with Crippen molar-refractivity contribution >= 4 is 15.9 Å². The Morgan fingerprint density at radius 1 is 1.62 bits per heavy atom. The van der Waals surface area contributed by atoms with Gasteiger partial charge >= 0.3 is 0 Å². The van der Waals surface area contributed by atoms with Gasteiger partial charge in [-0.25, -0.2) is 4.39 Å². The van der Waals surface area contributed by atoms with Crippen molar-refractivity contribution in [3.05, 3.63) is 27.5 Å². The number of halogens is 2. The van der Waals surface area contributed by atoms with Crippen molar-refractivity contribution in [3.63, 3.8) is 0 Å². The molecule has 0 saturated heterocycles. The van der Waals surface area contributed by atoms with Crippen LogP contribution in [0, 0.1) is 12.7 Å². The molecule has 0 aliphatic heterocycles. The summed E-state index contributed by atoms with van der Waals surface area (Å²) in [5.74, 6) is -0.354. The van der Waals surface area contributed by atoms with E-state index in [4.69, 9.17) is 9.84 Å². The highest BCUT2D eigenvalue weighted by Crippen LogP contribution is 2.31. The minimum Gasteiger partial charge on any atom is -0.493 e. The SMILES string of the molecule is COc1c(F)cc(Br)c(C)c1CO. The van der Waals surface area contributed by atoms with Crippen molar-refractivity contribution in [1.82, 2.24) is 0 Å². The molecule has 1 aromatic rings. The molecule has 0 aromatic heterocycles. The van der Waals surface area contributed by atoms with Gasteiger partial charge < -0.3 is 9.84 Å². The topological polar surface area (TPSA) is 29.5 Å². The highest BCUT2D eigenvalue weighted by Gasteiger charge is 2.13. The summed E-state index contributed by atoms with van der Waals surface area (Å²) in [4.78, 5) is 0. The van der Waals surface area contributed by atoms with Gasteiger partial charge in [0.25, 0.3) is 0 Å². The first-order valence-electron chi connectivity index (χ1n) is 3.74. The first kappa shape index (κ1) is 10.5. The maximum Gasteiger partial charge on any atom is 0.166 e. The van der Waals surface area contributed by atoms with Gasteiger partial charge in [0.15, 0.2) is 11.6 Å². The average molecular weight is 249 g/mol. The highest BCUT2D eigenvalue weighted by atomic mass is 79.9. The molecule has 0 aliphatic rings. The van der Waals surface area contributed by atoms with Crippen molar-refractivity contribution in [3.8, 4) is 5.75 Å². The Bertz CT molecular complexity index is 326. The molecule has 1 aromatic carbocycles. The highest BCUT2D eigenvalue weighted by molar-refractivity contribution is 9.10. The van der Waals surface area contributed by atoms with Crippen molar-refractivity contribution in [2.24, 2.45) is 0 Å². The third-order valence-electron chi connectivity index (χ3n) is 1.92. The zero-order chi connectivity index (χ0) is 10.0. The van der Waals surface area contributed by atoms with Crippen molar-refractivity contribution in [2.45, 2.75) is 13.5 Å². The van der Waals surface area contributed by atoms with Crippen LogP contribution < -0.4 is 4.74 Å². The molecule has 0 amide bonds. The Balaban J connectivity index is 3.41. The summed E-state index contributed by atoms with van der Waals surface area (Å²) in [6.07, 6.45) is 0. The lowest BCUT2D eigenvalue weighted by atomic mass is 10.1. The van der Waals surface area contributed by atoms with Crippen LogP contribution >= 0.6 is 15.9 Å². The van der Waals surface area contributed by atoms with Gasteiger partial charge in [-0.05, 0) is 18.6 Å². The van der Waals surface area contributed by atoms with Crippen molar-refractivity contribution in [1.29, 1.82) is 0 Å². The van der Waals surface area contributed by atoms with Gasteiger partial charge in [0.2, 0.25) is 0 Å². The first-order valence-corrected chi connectivity index (χ1v) is 4.53. The monoisotopic (exact) mass is 248 g/mol. The molecule has 13 heavy (non-hydrogen) atoms. The van der Waals surface area contributed by atoms with E-state index in [9.17, 15) is 4.39 Å². The summed E-state index contributed by atoms with van der Waals surface area (Å²) < 4.78 is 18.7. The predicted molar refractivity (Wildman–Crippen MR) is 51.3 cm³/mol. The number of hydrogen-bond acceptors (Lipinski definition) is 2. The van der Waals surface area contributed by atoms with E-state index < -0.39 is 5.82 Å². The average Bonchev–Trinajstić information content (AvgIpc) is 2.10. The summed E-state index contributed by atoms with van der Waals surface area (Å²) in [6.45, 7) is 1.56. The summed E-state index contributed by atoms with van der Waals surface area (Å²) >= 11 is 3.19. The predicted octanol–water partition coefficient (Wildman–Crippen LogP) is 2.40. The molecular formula is C9H10BrFO2. The third kappa shape index (κ3) is 1.84. The molecule has 72 valence electrons. The zero-order valence-electron chi connectivity index (χ0n) is 7.40. The number of benzene rings is 1. The molecule has 0 spiro atoms. The molecule has 0 aliphatic carbocycles. The lowest BCUT2D eigenvalue weighted by Gasteiger charge is -2.11. The van der Waals surface area contributed by atoms with Gasteiger partial charge in [0, 0.05) is 10.0 Å². The molecule has 0 atom stereocenters. The maximum atomic E-state index is 13.2. The second kappa shape index (κ2) is 4.07. The standard InChI is InChI=1S/C9H10BrFO2/c1-5-6(4-12)9(13-2)8(11)3-7(5)10/h3,12H,4H2,1-2H3. The number of rotatable bonds is 2. The van der Waals surface area contributed by atoms with Crippen LogP contribution in [-0.2, 0) is 6.61 Å². The molecule has 0 heterocycles. The first-order chi connectivity index (χ1) is 6.11. The maximum absolute atomic E-state index is 13.2. The summed E-state index contributed by atoms with van der Waals surface area (Å²) in [5, 5.41) is 9.01. The Morgan fingerprint density at radius 2 is 2.23 bits per heavy atom. The van der Waals surface area contributed by atoms with Crippen LogP contribution in [0.4, 0.5) is 4.39 Å². The molecule has 0 radical (unpaired) electrons. The van der Waals surface area contributed by atoms with Crippen LogP contribution in [0.3, 0.4) is 0 Å². The van der Waals surface area contributed by atoms with E-state index in [0.717, 1.165) is 5.56 Å². The van der Waals surface area contributed by atoms with Crippen LogP contribution in [0.15, 0.2) is 10.5 Å². The van der Waals surface area contributed by atoms with E-state index in [1.54, 1.807) is 6.92 Å². The van der Waals surface area contributed by atoms with Crippen molar-refractivity contribution in [2.75, 3.05) is 7.11 Å². The fourth-order valence-electron chi connectivity index (χ4n) is 1.15. The van der Waals surface area contributed by atoms with E-state index in [-0.39, 0.29) is 12.4 Å². The van der Waals surface area contributed by atoms with E-state index in [2.05, 4.69) is 15.9 Å². The van der Waals surface area contributed by atoms with Gasteiger partial charge in [-0.3, -0.25) is 0 Å². The molecule has 0 fully saturated rings. The Hall–Kier alpha value is -0.610. The van der Waals surface area contributed by atoms with Gasteiger partial charge in [0.05, 0.1) is 13.7 Å².